The number of primary amides is 1. The second kappa shape index (κ2) is 4.49. The molecule has 2 rings (SSSR count). The Hall–Kier alpha value is -0.610. The number of amides is 1. The Morgan fingerprint density at radius 3 is 2.80 bits per heavy atom. The van der Waals surface area contributed by atoms with Crippen molar-refractivity contribution in [3.05, 3.63) is 0 Å². The first-order valence-electron chi connectivity index (χ1n) is 5.96. The fourth-order valence-corrected chi connectivity index (χ4v) is 2.76. The molecule has 0 spiro atoms. The van der Waals surface area contributed by atoms with E-state index < -0.39 is 0 Å². The summed E-state index contributed by atoms with van der Waals surface area (Å²) in [7, 11) is 0. The third-order valence-corrected chi connectivity index (χ3v) is 3.93. The standard InChI is InChI=1S/C11H21N3O/c1-8(9-3-2-5-13-7-9)14-6-4-10(14)11(12)15/h8-10,13H,2-7H2,1H3,(H2,12,15). The van der Waals surface area contributed by atoms with Crippen molar-refractivity contribution in [2.24, 2.45) is 11.7 Å². The van der Waals surface area contributed by atoms with Crippen LogP contribution in [0.3, 0.4) is 0 Å². The predicted molar refractivity (Wildman–Crippen MR) is 59.4 cm³/mol. The van der Waals surface area contributed by atoms with Crippen molar-refractivity contribution in [1.82, 2.24) is 10.2 Å². The lowest BCUT2D eigenvalue weighted by Crippen LogP contribution is -2.60. The molecule has 0 radical (unpaired) electrons. The minimum atomic E-state index is -0.156. The van der Waals surface area contributed by atoms with Gasteiger partial charge in [-0.05, 0) is 45.2 Å². The van der Waals surface area contributed by atoms with Gasteiger partial charge in [0.1, 0.15) is 0 Å². The second-order valence-corrected chi connectivity index (χ2v) is 4.79. The molecule has 15 heavy (non-hydrogen) atoms. The van der Waals surface area contributed by atoms with Gasteiger partial charge in [0, 0.05) is 12.6 Å². The van der Waals surface area contributed by atoms with Crippen LogP contribution in [0, 0.1) is 5.92 Å². The molecular weight excluding hydrogens is 190 g/mol. The SMILES string of the molecule is CC(C1CCCNC1)N1CCC1C(N)=O. The van der Waals surface area contributed by atoms with Gasteiger partial charge in [-0.2, -0.15) is 0 Å². The molecule has 4 heteroatoms. The van der Waals surface area contributed by atoms with E-state index in [0.717, 1.165) is 26.1 Å². The van der Waals surface area contributed by atoms with Crippen LogP contribution in [0.2, 0.25) is 0 Å². The molecule has 2 fully saturated rings. The number of likely N-dealkylation sites (tertiary alicyclic amines) is 1. The molecule has 3 N–H and O–H groups in total. The van der Waals surface area contributed by atoms with Gasteiger partial charge >= 0.3 is 0 Å². The molecule has 86 valence electrons. The zero-order valence-corrected chi connectivity index (χ0v) is 9.41. The number of rotatable bonds is 3. The van der Waals surface area contributed by atoms with Crippen molar-refractivity contribution < 1.29 is 4.79 Å². The number of nitrogens with two attached hydrogens (primary N) is 1. The first-order valence-corrected chi connectivity index (χ1v) is 5.96. The summed E-state index contributed by atoms with van der Waals surface area (Å²) in [4.78, 5) is 13.4. The molecule has 4 nitrogen and oxygen atoms in total. The zero-order valence-electron chi connectivity index (χ0n) is 9.41. The molecule has 0 aliphatic carbocycles. The van der Waals surface area contributed by atoms with E-state index in [2.05, 4.69) is 17.1 Å². The first kappa shape index (κ1) is 10.9. The van der Waals surface area contributed by atoms with Crippen molar-refractivity contribution >= 4 is 5.91 Å². The molecule has 3 atom stereocenters. The maximum Gasteiger partial charge on any atom is 0.234 e. The van der Waals surface area contributed by atoms with E-state index in [1.807, 2.05) is 0 Å². The molecule has 3 unspecified atom stereocenters. The van der Waals surface area contributed by atoms with Gasteiger partial charge in [0.05, 0.1) is 6.04 Å². The number of carbonyl (C=O) groups is 1. The Kier molecular flexibility index (Phi) is 3.26. The number of nitrogens with one attached hydrogen (secondary N) is 1. The summed E-state index contributed by atoms with van der Waals surface area (Å²) in [6, 6.07) is 0.492. The largest absolute Gasteiger partial charge is 0.368 e. The summed E-state index contributed by atoms with van der Waals surface area (Å²) in [6.45, 7) is 5.49. The topological polar surface area (TPSA) is 58.4 Å². The van der Waals surface area contributed by atoms with E-state index >= 15 is 0 Å². The van der Waals surface area contributed by atoms with Crippen LogP contribution in [0.15, 0.2) is 0 Å². The molecule has 2 aliphatic rings. The summed E-state index contributed by atoms with van der Waals surface area (Å²) in [5, 5.41) is 3.42. The molecule has 0 saturated carbocycles. The Morgan fingerprint density at radius 1 is 1.53 bits per heavy atom. The van der Waals surface area contributed by atoms with E-state index in [9.17, 15) is 4.79 Å². The van der Waals surface area contributed by atoms with Crippen LogP contribution in [-0.4, -0.2) is 42.5 Å². The quantitative estimate of drug-likeness (QED) is 0.687. The summed E-state index contributed by atoms with van der Waals surface area (Å²) in [5.74, 6) is 0.526. The molecule has 1 amide bonds. The van der Waals surface area contributed by atoms with Gasteiger partial charge < -0.3 is 11.1 Å². The van der Waals surface area contributed by atoms with Crippen molar-refractivity contribution in [1.29, 1.82) is 0 Å². The van der Waals surface area contributed by atoms with E-state index in [4.69, 9.17) is 5.73 Å². The molecule has 2 heterocycles. The van der Waals surface area contributed by atoms with Gasteiger partial charge in [0.2, 0.25) is 5.91 Å². The van der Waals surface area contributed by atoms with Gasteiger partial charge in [-0.3, -0.25) is 9.69 Å². The number of carbonyl (C=O) groups excluding carboxylic acids is 1. The maximum atomic E-state index is 11.1. The number of hydrogen-bond donors (Lipinski definition) is 2. The highest BCUT2D eigenvalue weighted by Crippen LogP contribution is 2.27. The second-order valence-electron chi connectivity index (χ2n) is 4.79. The van der Waals surface area contributed by atoms with Crippen molar-refractivity contribution in [3.63, 3.8) is 0 Å². The average Bonchev–Trinajstić information content (AvgIpc) is 2.16. The molecule has 0 bridgehead atoms. The smallest absolute Gasteiger partial charge is 0.234 e. The third kappa shape index (κ3) is 2.16. The minimum absolute atomic E-state index is 0.00178. The van der Waals surface area contributed by atoms with Crippen molar-refractivity contribution in [3.8, 4) is 0 Å². The number of piperidine rings is 1. The fourth-order valence-electron chi connectivity index (χ4n) is 2.76. The van der Waals surface area contributed by atoms with E-state index in [1.54, 1.807) is 0 Å². The molecule has 0 aromatic rings. The van der Waals surface area contributed by atoms with E-state index in [0.29, 0.717) is 12.0 Å². The van der Waals surface area contributed by atoms with Crippen LogP contribution in [0.25, 0.3) is 0 Å². The first-order chi connectivity index (χ1) is 7.20. The normalized spacial score (nSPS) is 34.5. The van der Waals surface area contributed by atoms with E-state index in [-0.39, 0.29) is 11.9 Å². The van der Waals surface area contributed by atoms with Crippen LogP contribution in [0.4, 0.5) is 0 Å². The van der Waals surface area contributed by atoms with Gasteiger partial charge in [-0.1, -0.05) is 0 Å². The molecule has 0 aromatic carbocycles. The fraction of sp³-hybridized carbons (Fsp3) is 0.909. The Labute approximate surface area is 91.2 Å². The third-order valence-electron chi connectivity index (χ3n) is 3.93. The molecule has 2 aliphatic heterocycles. The van der Waals surface area contributed by atoms with Crippen LogP contribution in [0.5, 0.6) is 0 Å². The van der Waals surface area contributed by atoms with Crippen LogP contribution in [-0.2, 0) is 4.79 Å². The van der Waals surface area contributed by atoms with Crippen LogP contribution in [0.1, 0.15) is 26.2 Å². The lowest BCUT2D eigenvalue weighted by atomic mass is 9.87. The summed E-state index contributed by atoms with van der Waals surface area (Å²) < 4.78 is 0. The zero-order chi connectivity index (χ0) is 10.8. The summed E-state index contributed by atoms with van der Waals surface area (Å²) in [6.07, 6.45) is 3.47. The molecular formula is C11H21N3O. The van der Waals surface area contributed by atoms with Crippen molar-refractivity contribution in [2.45, 2.75) is 38.3 Å². The molecule has 2 saturated heterocycles. The Morgan fingerprint density at radius 2 is 2.33 bits per heavy atom. The lowest BCUT2D eigenvalue weighted by Gasteiger charge is -2.46. The number of hydrogen-bond acceptors (Lipinski definition) is 3. The lowest BCUT2D eigenvalue weighted by molar-refractivity contribution is -0.130. The number of nitrogens with zero attached hydrogens (tertiary/aromatic N) is 1. The summed E-state index contributed by atoms with van der Waals surface area (Å²) in [5.41, 5.74) is 5.36. The van der Waals surface area contributed by atoms with Crippen molar-refractivity contribution in [2.75, 3.05) is 19.6 Å². The highest BCUT2D eigenvalue weighted by atomic mass is 16.1. The average molecular weight is 211 g/mol. The Bertz CT molecular complexity index is 238. The predicted octanol–water partition coefficient (Wildman–Crippen LogP) is -0.0659. The van der Waals surface area contributed by atoms with Gasteiger partial charge in [0.15, 0.2) is 0 Å². The van der Waals surface area contributed by atoms with Crippen LogP contribution < -0.4 is 11.1 Å². The highest BCUT2D eigenvalue weighted by molar-refractivity contribution is 5.80. The molecule has 0 aromatic heterocycles. The summed E-state index contributed by atoms with van der Waals surface area (Å²) >= 11 is 0. The Balaban J connectivity index is 1.89. The minimum Gasteiger partial charge on any atom is -0.368 e. The van der Waals surface area contributed by atoms with Crippen LogP contribution >= 0.6 is 0 Å². The van der Waals surface area contributed by atoms with Gasteiger partial charge in [-0.25, -0.2) is 0 Å². The highest BCUT2D eigenvalue weighted by Gasteiger charge is 2.38. The van der Waals surface area contributed by atoms with E-state index in [1.165, 1.54) is 12.8 Å². The van der Waals surface area contributed by atoms with Gasteiger partial charge in [0.25, 0.3) is 0 Å². The monoisotopic (exact) mass is 211 g/mol. The van der Waals surface area contributed by atoms with Gasteiger partial charge in [-0.15, -0.1) is 0 Å². The maximum absolute atomic E-state index is 11.1.